The van der Waals surface area contributed by atoms with Crippen molar-refractivity contribution >= 4 is 0 Å². The van der Waals surface area contributed by atoms with E-state index < -0.39 is 0 Å². The van der Waals surface area contributed by atoms with Crippen molar-refractivity contribution in [2.45, 2.75) is 53.1 Å². The van der Waals surface area contributed by atoms with Gasteiger partial charge in [0.25, 0.3) is 0 Å². The maximum absolute atomic E-state index is 9.77. The van der Waals surface area contributed by atoms with Gasteiger partial charge in [0, 0.05) is 13.1 Å². The average molecular weight is 244 g/mol. The lowest BCUT2D eigenvalue weighted by molar-refractivity contribution is 0.165. The summed E-state index contributed by atoms with van der Waals surface area (Å²) in [5.41, 5.74) is 0. The normalized spacial score (nSPS) is 15.2. The van der Waals surface area contributed by atoms with Crippen LogP contribution in [0.5, 0.6) is 0 Å². The molecule has 3 nitrogen and oxygen atoms in total. The first-order valence-corrected chi connectivity index (χ1v) is 7.23. The van der Waals surface area contributed by atoms with Gasteiger partial charge in [0.15, 0.2) is 0 Å². The summed E-state index contributed by atoms with van der Waals surface area (Å²) in [7, 11) is 0. The Hall–Kier alpha value is -0.120. The highest BCUT2D eigenvalue weighted by Crippen LogP contribution is 2.04. The van der Waals surface area contributed by atoms with Crippen LogP contribution in [0, 0.1) is 11.8 Å². The minimum Gasteiger partial charge on any atom is -0.390 e. The van der Waals surface area contributed by atoms with Gasteiger partial charge in [-0.3, -0.25) is 0 Å². The molecule has 0 aromatic heterocycles. The third kappa shape index (κ3) is 9.57. The summed E-state index contributed by atoms with van der Waals surface area (Å²) >= 11 is 0. The van der Waals surface area contributed by atoms with E-state index in [2.05, 4.69) is 38.3 Å². The maximum atomic E-state index is 9.77. The Morgan fingerprint density at radius 2 is 1.35 bits per heavy atom. The Bertz CT molecular complexity index is 160. The van der Waals surface area contributed by atoms with E-state index in [0.717, 1.165) is 19.0 Å². The fourth-order valence-corrected chi connectivity index (χ4v) is 1.74. The minimum absolute atomic E-state index is 0.270. The van der Waals surface area contributed by atoms with Crippen molar-refractivity contribution in [1.82, 2.24) is 10.6 Å². The molecule has 0 amide bonds. The first-order valence-electron chi connectivity index (χ1n) is 7.23. The molecule has 0 bridgehead atoms. The summed E-state index contributed by atoms with van der Waals surface area (Å²) in [4.78, 5) is 0. The summed E-state index contributed by atoms with van der Waals surface area (Å²) < 4.78 is 0. The van der Waals surface area contributed by atoms with Crippen LogP contribution < -0.4 is 10.6 Å². The second-order valence-corrected chi connectivity index (χ2v) is 5.17. The number of hydrogen-bond acceptors (Lipinski definition) is 3. The Labute approximate surface area is 107 Å². The van der Waals surface area contributed by atoms with Gasteiger partial charge in [-0.2, -0.15) is 0 Å². The Morgan fingerprint density at radius 1 is 0.824 bits per heavy atom. The molecule has 0 aromatic rings. The SMILES string of the molecule is CCC(C)CNCC(O)CNCC(CC)CC. The second-order valence-electron chi connectivity index (χ2n) is 5.17. The predicted octanol–water partition coefficient (Wildman–Crippen LogP) is 2.01. The highest BCUT2D eigenvalue weighted by molar-refractivity contribution is 4.66. The van der Waals surface area contributed by atoms with Crippen LogP contribution >= 0.6 is 0 Å². The highest BCUT2D eigenvalue weighted by Gasteiger charge is 2.07. The number of hydrogen-bond donors (Lipinski definition) is 3. The van der Waals surface area contributed by atoms with Gasteiger partial charge in [0.05, 0.1) is 6.10 Å². The van der Waals surface area contributed by atoms with Crippen LogP contribution in [-0.4, -0.2) is 37.4 Å². The molecule has 0 rings (SSSR count). The van der Waals surface area contributed by atoms with E-state index in [9.17, 15) is 5.11 Å². The molecule has 104 valence electrons. The third-order valence-corrected chi connectivity index (χ3v) is 3.54. The molecule has 0 fully saturated rings. The lowest BCUT2D eigenvalue weighted by Gasteiger charge is -2.17. The smallest absolute Gasteiger partial charge is 0.0788 e. The molecule has 0 saturated carbocycles. The lowest BCUT2D eigenvalue weighted by Crippen LogP contribution is -2.38. The molecule has 0 aromatic carbocycles. The number of rotatable bonds is 11. The molecular weight excluding hydrogens is 212 g/mol. The number of aliphatic hydroxyl groups is 1. The zero-order chi connectivity index (χ0) is 13.1. The van der Waals surface area contributed by atoms with Gasteiger partial charge in [0.2, 0.25) is 0 Å². The summed E-state index contributed by atoms with van der Waals surface area (Å²) in [6, 6.07) is 0. The zero-order valence-electron chi connectivity index (χ0n) is 12.1. The van der Waals surface area contributed by atoms with Crippen LogP contribution in [0.3, 0.4) is 0 Å². The van der Waals surface area contributed by atoms with Crippen molar-refractivity contribution in [3.8, 4) is 0 Å². The predicted molar refractivity (Wildman–Crippen MR) is 75.3 cm³/mol. The van der Waals surface area contributed by atoms with Gasteiger partial charge in [-0.25, -0.2) is 0 Å². The quantitative estimate of drug-likeness (QED) is 0.521. The van der Waals surface area contributed by atoms with Crippen LogP contribution in [0.25, 0.3) is 0 Å². The van der Waals surface area contributed by atoms with E-state index in [0.29, 0.717) is 19.0 Å². The Balaban J connectivity index is 3.43. The Kier molecular flexibility index (Phi) is 10.9. The zero-order valence-corrected chi connectivity index (χ0v) is 12.1. The van der Waals surface area contributed by atoms with Gasteiger partial charge in [0.1, 0.15) is 0 Å². The van der Waals surface area contributed by atoms with Gasteiger partial charge >= 0.3 is 0 Å². The molecule has 2 unspecified atom stereocenters. The maximum Gasteiger partial charge on any atom is 0.0788 e. The van der Waals surface area contributed by atoms with Crippen LogP contribution in [0.2, 0.25) is 0 Å². The highest BCUT2D eigenvalue weighted by atomic mass is 16.3. The molecule has 0 saturated heterocycles. The average Bonchev–Trinajstić information content (AvgIpc) is 2.34. The Morgan fingerprint density at radius 3 is 1.82 bits per heavy atom. The molecule has 0 heterocycles. The molecule has 2 atom stereocenters. The molecule has 0 aliphatic heterocycles. The van der Waals surface area contributed by atoms with Crippen molar-refractivity contribution in [3.63, 3.8) is 0 Å². The van der Waals surface area contributed by atoms with Gasteiger partial charge in [-0.15, -0.1) is 0 Å². The molecule has 0 aliphatic rings. The monoisotopic (exact) mass is 244 g/mol. The minimum atomic E-state index is -0.270. The fraction of sp³-hybridized carbons (Fsp3) is 1.00. The van der Waals surface area contributed by atoms with E-state index in [4.69, 9.17) is 0 Å². The summed E-state index contributed by atoms with van der Waals surface area (Å²) in [5.74, 6) is 1.44. The first-order chi connectivity index (χ1) is 8.13. The third-order valence-electron chi connectivity index (χ3n) is 3.54. The summed E-state index contributed by atoms with van der Waals surface area (Å²) in [6.07, 6.45) is 3.35. The van der Waals surface area contributed by atoms with Gasteiger partial charge in [-0.05, 0) is 24.9 Å². The van der Waals surface area contributed by atoms with E-state index >= 15 is 0 Å². The largest absolute Gasteiger partial charge is 0.390 e. The van der Waals surface area contributed by atoms with Crippen LogP contribution in [0.4, 0.5) is 0 Å². The van der Waals surface area contributed by atoms with Crippen LogP contribution in [0.1, 0.15) is 47.0 Å². The van der Waals surface area contributed by atoms with Crippen molar-refractivity contribution < 1.29 is 5.11 Å². The van der Waals surface area contributed by atoms with Gasteiger partial charge < -0.3 is 15.7 Å². The van der Waals surface area contributed by atoms with E-state index in [1.54, 1.807) is 0 Å². The molecule has 3 N–H and O–H groups in total. The first kappa shape index (κ1) is 16.9. The molecule has 3 heteroatoms. The summed E-state index contributed by atoms with van der Waals surface area (Å²) in [6.45, 7) is 12.3. The lowest BCUT2D eigenvalue weighted by atomic mass is 10.0. The second kappa shape index (κ2) is 11.0. The number of aliphatic hydroxyl groups excluding tert-OH is 1. The topological polar surface area (TPSA) is 44.3 Å². The van der Waals surface area contributed by atoms with Crippen molar-refractivity contribution in [3.05, 3.63) is 0 Å². The van der Waals surface area contributed by atoms with E-state index in [1.807, 2.05) is 0 Å². The van der Waals surface area contributed by atoms with Gasteiger partial charge in [-0.1, -0.05) is 47.0 Å². The molecule has 17 heavy (non-hydrogen) atoms. The summed E-state index contributed by atoms with van der Waals surface area (Å²) in [5, 5.41) is 16.4. The van der Waals surface area contributed by atoms with Crippen LogP contribution in [-0.2, 0) is 0 Å². The number of nitrogens with one attached hydrogen (secondary N) is 2. The van der Waals surface area contributed by atoms with Crippen molar-refractivity contribution in [2.24, 2.45) is 11.8 Å². The molecule has 0 radical (unpaired) electrons. The van der Waals surface area contributed by atoms with Crippen molar-refractivity contribution in [2.75, 3.05) is 26.2 Å². The fourth-order valence-electron chi connectivity index (χ4n) is 1.74. The molecule has 0 aliphatic carbocycles. The standard InChI is InChI=1S/C14H32N2O/c1-5-12(4)8-15-10-14(17)11-16-9-13(6-2)7-3/h12-17H,5-11H2,1-4H3. The van der Waals surface area contributed by atoms with E-state index in [1.165, 1.54) is 19.3 Å². The molecule has 0 spiro atoms. The van der Waals surface area contributed by atoms with E-state index in [-0.39, 0.29) is 6.10 Å². The molecular formula is C14H32N2O. The van der Waals surface area contributed by atoms with Crippen molar-refractivity contribution in [1.29, 1.82) is 0 Å². The van der Waals surface area contributed by atoms with Crippen LogP contribution in [0.15, 0.2) is 0 Å².